The lowest BCUT2D eigenvalue weighted by Gasteiger charge is -2.34. The van der Waals surface area contributed by atoms with Gasteiger partial charge in [-0.15, -0.1) is 10.2 Å². The average molecular weight is 470 g/mol. The van der Waals surface area contributed by atoms with Gasteiger partial charge in [-0.1, -0.05) is 65.8 Å². The number of benzene rings is 2. The highest BCUT2D eigenvalue weighted by Gasteiger charge is 2.22. The van der Waals surface area contributed by atoms with Gasteiger partial charge in [0, 0.05) is 50.7 Å². The van der Waals surface area contributed by atoms with E-state index in [4.69, 9.17) is 11.6 Å². The van der Waals surface area contributed by atoms with Crippen LogP contribution in [0.1, 0.15) is 23.9 Å². The van der Waals surface area contributed by atoms with Crippen molar-refractivity contribution in [1.82, 2.24) is 24.6 Å². The van der Waals surface area contributed by atoms with E-state index in [2.05, 4.69) is 44.8 Å². The second-order valence-electron chi connectivity index (χ2n) is 7.88. The molecule has 8 heteroatoms. The van der Waals surface area contributed by atoms with E-state index >= 15 is 0 Å². The van der Waals surface area contributed by atoms with Crippen molar-refractivity contribution in [2.75, 3.05) is 31.9 Å². The van der Waals surface area contributed by atoms with Crippen LogP contribution in [-0.4, -0.2) is 62.4 Å². The van der Waals surface area contributed by atoms with Gasteiger partial charge in [0.15, 0.2) is 5.16 Å². The predicted octanol–water partition coefficient (Wildman–Crippen LogP) is 3.98. The Bertz CT molecular complexity index is 1030. The molecule has 3 aromatic rings. The summed E-state index contributed by atoms with van der Waals surface area (Å²) in [5.74, 6) is 1.48. The fourth-order valence-corrected chi connectivity index (χ4v) is 5.06. The molecule has 168 valence electrons. The van der Waals surface area contributed by atoms with E-state index in [0.717, 1.165) is 61.7 Å². The number of nitrogens with zero attached hydrogens (tertiary/aromatic N) is 5. The lowest BCUT2D eigenvalue weighted by atomic mass is 10.1. The zero-order valence-corrected chi connectivity index (χ0v) is 19.9. The molecule has 0 spiro atoms. The second-order valence-corrected chi connectivity index (χ2v) is 9.26. The number of aromatic nitrogens is 3. The van der Waals surface area contributed by atoms with Crippen LogP contribution in [0.3, 0.4) is 0 Å². The number of carbonyl (C=O) groups is 1. The summed E-state index contributed by atoms with van der Waals surface area (Å²) in [6.07, 6.45) is 0.741. The van der Waals surface area contributed by atoms with Gasteiger partial charge >= 0.3 is 0 Å². The number of carbonyl (C=O) groups excluding carboxylic acids is 1. The monoisotopic (exact) mass is 469 g/mol. The van der Waals surface area contributed by atoms with Gasteiger partial charge < -0.3 is 9.47 Å². The molecule has 2 heterocycles. The van der Waals surface area contributed by atoms with Gasteiger partial charge in [0.25, 0.3) is 0 Å². The molecule has 0 saturated carbocycles. The Hall–Kier alpha value is -2.35. The topological polar surface area (TPSA) is 54.3 Å². The Kier molecular flexibility index (Phi) is 7.84. The second kappa shape index (κ2) is 11.0. The number of hydrogen-bond acceptors (Lipinski definition) is 5. The van der Waals surface area contributed by atoms with Gasteiger partial charge in [0.05, 0.1) is 5.75 Å². The molecule has 1 amide bonds. The van der Waals surface area contributed by atoms with Crippen molar-refractivity contribution in [1.29, 1.82) is 0 Å². The molecule has 0 radical (unpaired) electrons. The fraction of sp³-hybridized carbons (Fsp3) is 0.375. The maximum absolute atomic E-state index is 12.8. The number of amides is 1. The van der Waals surface area contributed by atoms with Crippen LogP contribution in [0, 0.1) is 0 Å². The van der Waals surface area contributed by atoms with Gasteiger partial charge in [-0.05, 0) is 30.2 Å². The highest BCUT2D eigenvalue weighted by Crippen LogP contribution is 2.20. The van der Waals surface area contributed by atoms with E-state index in [1.54, 1.807) is 0 Å². The van der Waals surface area contributed by atoms with Crippen LogP contribution in [0.4, 0.5) is 0 Å². The van der Waals surface area contributed by atoms with Crippen molar-refractivity contribution in [3.05, 3.63) is 76.6 Å². The van der Waals surface area contributed by atoms with Gasteiger partial charge in [-0.3, -0.25) is 9.69 Å². The summed E-state index contributed by atoms with van der Waals surface area (Å²) in [7, 11) is 0. The van der Waals surface area contributed by atoms with E-state index in [1.807, 2.05) is 41.3 Å². The number of halogens is 1. The lowest BCUT2D eigenvalue weighted by Crippen LogP contribution is -2.48. The molecular weight excluding hydrogens is 442 g/mol. The molecule has 1 aliphatic heterocycles. The van der Waals surface area contributed by atoms with Crippen molar-refractivity contribution < 1.29 is 4.79 Å². The molecule has 2 aromatic carbocycles. The van der Waals surface area contributed by atoms with Crippen LogP contribution in [0.2, 0.25) is 5.02 Å². The third-order valence-corrected chi connectivity index (χ3v) is 6.85. The predicted molar refractivity (Wildman–Crippen MR) is 129 cm³/mol. The van der Waals surface area contributed by atoms with Gasteiger partial charge in [-0.2, -0.15) is 0 Å². The Morgan fingerprint density at radius 3 is 2.47 bits per heavy atom. The molecule has 1 saturated heterocycles. The first kappa shape index (κ1) is 22.8. The molecule has 6 nitrogen and oxygen atoms in total. The first-order chi connectivity index (χ1) is 15.6. The quantitative estimate of drug-likeness (QED) is 0.467. The summed E-state index contributed by atoms with van der Waals surface area (Å²) >= 11 is 7.57. The van der Waals surface area contributed by atoms with Crippen LogP contribution in [0.15, 0.2) is 59.8 Å². The molecule has 1 aliphatic rings. The Morgan fingerprint density at radius 1 is 1.00 bits per heavy atom. The highest BCUT2D eigenvalue weighted by molar-refractivity contribution is 7.99. The summed E-state index contributed by atoms with van der Waals surface area (Å²) < 4.78 is 2.11. The van der Waals surface area contributed by atoms with Crippen molar-refractivity contribution in [3.63, 3.8) is 0 Å². The summed E-state index contributed by atoms with van der Waals surface area (Å²) in [5.41, 5.74) is 2.41. The third kappa shape index (κ3) is 5.91. The summed E-state index contributed by atoms with van der Waals surface area (Å²) in [5, 5.41) is 10.3. The van der Waals surface area contributed by atoms with Gasteiger partial charge in [0.2, 0.25) is 5.91 Å². The summed E-state index contributed by atoms with van der Waals surface area (Å²) in [4.78, 5) is 17.1. The standard InChI is InChI=1S/C24H28ClN5OS/c1-2-30-22(16-19-7-4-3-5-8-19)26-27-24(30)32-18-23(31)29-13-11-28(12-14-29)17-20-9-6-10-21(25)15-20/h3-10,15H,2,11-14,16-18H2,1H3. The maximum atomic E-state index is 12.8. The highest BCUT2D eigenvalue weighted by atomic mass is 35.5. The zero-order valence-electron chi connectivity index (χ0n) is 18.3. The van der Waals surface area contributed by atoms with E-state index < -0.39 is 0 Å². The normalized spacial score (nSPS) is 14.6. The molecule has 0 bridgehead atoms. The molecule has 0 aliphatic carbocycles. The Morgan fingerprint density at radius 2 is 1.75 bits per heavy atom. The maximum Gasteiger partial charge on any atom is 0.233 e. The van der Waals surface area contributed by atoms with Crippen molar-refractivity contribution >= 4 is 29.3 Å². The first-order valence-corrected chi connectivity index (χ1v) is 12.3. The van der Waals surface area contributed by atoms with Crippen LogP contribution in [0.25, 0.3) is 0 Å². The largest absolute Gasteiger partial charge is 0.339 e. The van der Waals surface area contributed by atoms with Crippen LogP contribution >= 0.6 is 23.4 Å². The molecule has 32 heavy (non-hydrogen) atoms. The Balaban J connectivity index is 1.27. The van der Waals surface area contributed by atoms with E-state index in [1.165, 1.54) is 22.9 Å². The number of thioether (sulfide) groups is 1. The molecule has 1 aromatic heterocycles. The molecule has 0 atom stereocenters. The molecule has 1 fully saturated rings. The molecule has 4 rings (SSSR count). The van der Waals surface area contributed by atoms with Gasteiger partial charge in [0.1, 0.15) is 5.82 Å². The van der Waals surface area contributed by atoms with E-state index in [-0.39, 0.29) is 5.91 Å². The minimum Gasteiger partial charge on any atom is -0.339 e. The fourth-order valence-electron chi connectivity index (χ4n) is 3.92. The summed E-state index contributed by atoms with van der Waals surface area (Å²) in [6.45, 7) is 6.97. The minimum absolute atomic E-state index is 0.160. The number of rotatable bonds is 8. The van der Waals surface area contributed by atoms with E-state index in [9.17, 15) is 4.79 Å². The van der Waals surface area contributed by atoms with Crippen LogP contribution in [0.5, 0.6) is 0 Å². The lowest BCUT2D eigenvalue weighted by molar-refractivity contribution is -0.130. The van der Waals surface area contributed by atoms with E-state index in [0.29, 0.717) is 5.75 Å². The van der Waals surface area contributed by atoms with Crippen molar-refractivity contribution in [3.8, 4) is 0 Å². The van der Waals surface area contributed by atoms with Crippen molar-refractivity contribution in [2.45, 2.75) is 31.6 Å². The van der Waals surface area contributed by atoms with Crippen molar-refractivity contribution in [2.24, 2.45) is 0 Å². The van der Waals surface area contributed by atoms with Crippen LogP contribution in [-0.2, 0) is 24.3 Å². The number of piperazine rings is 1. The smallest absolute Gasteiger partial charge is 0.233 e. The first-order valence-electron chi connectivity index (χ1n) is 11.0. The average Bonchev–Trinajstić information content (AvgIpc) is 3.20. The molecular formula is C24H28ClN5OS. The molecule has 0 unspecified atom stereocenters. The number of hydrogen-bond donors (Lipinski definition) is 0. The van der Waals surface area contributed by atoms with Gasteiger partial charge in [-0.25, -0.2) is 0 Å². The summed E-state index contributed by atoms with van der Waals surface area (Å²) in [6, 6.07) is 18.2. The SMILES string of the molecule is CCn1c(Cc2ccccc2)nnc1SCC(=O)N1CCN(Cc2cccc(Cl)c2)CC1. The Labute approximate surface area is 198 Å². The van der Waals surface area contributed by atoms with Crippen LogP contribution < -0.4 is 0 Å². The minimum atomic E-state index is 0.160. The zero-order chi connectivity index (χ0) is 22.3. The molecule has 0 N–H and O–H groups in total. The third-order valence-electron chi connectivity index (χ3n) is 5.66.